The molecule has 4 aromatic rings. The lowest BCUT2D eigenvalue weighted by Gasteiger charge is -2.26. The van der Waals surface area contributed by atoms with Gasteiger partial charge in [-0.3, -0.25) is 4.68 Å². The molecule has 1 N–H and O–H groups in total. The van der Waals surface area contributed by atoms with Gasteiger partial charge in [0.25, 0.3) is 0 Å². The summed E-state index contributed by atoms with van der Waals surface area (Å²) in [6, 6.07) is 4.33. The molecule has 1 aromatic carbocycles. The number of anilines is 1. The summed E-state index contributed by atoms with van der Waals surface area (Å²) in [5, 5.41) is 8.79. The summed E-state index contributed by atoms with van der Waals surface area (Å²) in [4.78, 5) is 10.8. The Morgan fingerprint density at radius 1 is 1.00 bits per heavy atom. The van der Waals surface area contributed by atoms with Gasteiger partial charge in [-0.05, 0) is 45.4 Å². The molecule has 0 aliphatic carbocycles. The molecule has 164 valence electrons. The number of aromatic nitrogens is 5. The lowest BCUT2D eigenvalue weighted by Crippen LogP contribution is -2.36. The van der Waals surface area contributed by atoms with E-state index in [-0.39, 0.29) is 7.43 Å². The molecule has 8 nitrogen and oxygen atoms in total. The van der Waals surface area contributed by atoms with E-state index in [0.29, 0.717) is 0 Å². The Balaban J connectivity index is 0.00000231. The van der Waals surface area contributed by atoms with E-state index in [0.717, 1.165) is 88.4 Å². The maximum absolute atomic E-state index is 5.51. The van der Waals surface area contributed by atoms with Gasteiger partial charge in [0.1, 0.15) is 5.76 Å². The number of rotatable bonds is 3. The maximum Gasteiger partial charge on any atom is 0.204 e. The number of nitrogens with one attached hydrogen (secondary N) is 1. The van der Waals surface area contributed by atoms with Crippen molar-refractivity contribution >= 4 is 17.0 Å². The van der Waals surface area contributed by atoms with Gasteiger partial charge in [-0.2, -0.15) is 5.10 Å². The number of benzene rings is 1. The minimum absolute atomic E-state index is 0. The van der Waals surface area contributed by atoms with Crippen molar-refractivity contribution in [2.45, 2.75) is 35.1 Å². The van der Waals surface area contributed by atoms with Crippen molar-refractivity contribution < 1.29 is 9.26 Å². The van der Waals surface area contributed by atoms with Crippen LogP contribution < -0.4 is 4.90 Å². The van der Waals surface area contributed by atoms with Crippen LogP contribution in [0.15, 0.2) is 16.7 Å². The van der Waals surface area contributed by atoms with Crippen LogP contribution in [0.4, 0.5) is 5.95 Å². The summed E-state index contributed by atoms with van der Waals surface area (Å²) in [7, 11) is 1.98. The summed E-state index contributed by atoms with van der Waals surface area (Å²) in [5.41, 5.74) is 9.21. The largest absolute Gasteiger partial charge is 0.378 e. The molecule has 0 atom stereocenters. The normalized spacial score (nSPS) is 14.3. The molecule has 0 amide bonds. The van der Waals surface area contributed by atoms with Crippen molar-refractivity contribution in [1.29, 1.82) is 0 Å². The number of aryl methyl sites for hydroxylation is 4. The maximum atomic E-state index is 5.51. The standard InChI is InChI=1S/C22H26N6O2.CH4/c1-12-19(14(3)27(5)25-12)17-10-16(20-13(2)26-30-15(20)4)11-18-21(17)24-22(23-18)28-6-8-29-9-7-28;/h10-11H,6-9H2,1-5H3,(H,23,24);1H4. The highest BCUT2D eigenvalue weighted by atomic mass is 16.5. The van der Waals surface area contributed by atoms with Gasteiger partial charge in [0, 0.05) is 42.5 Å². The quantitative estimate of drug-likeness (QED) is 0.529. The van der Waals surface area contributed by atoms with Crippen LogP contribution in [-0.4, -0.2) is 51.2 Å². The fraction of sp³-hybridized carbons (Fsp3) is 0.435. The van der Waals surface area contributed by atoms with Gasteiger partial charge in [0.15, 0.2) is 0 Å². The van der Waals surface area contributed by atoms with Gasteiger partial charge in [-0.25, -0.2) is 4.98 Å². The van der Waals surface area contributed by atoms with Crippen LogP contribution in [0.1, 0.15) is 30.3 Å². The Bertz CT molecular complexity index is 1220. The van der Waals surface area contributed by atoms with Crippen LogP contribution >= 0.6 is 0 Å². The van der Waals surface area contributed by atoms with Gasteiger partial charge in [-0.15, -0.1) is 0 Å². The Labute approximate surface area is 182 Å². The van der Waals surface area contributed by atoms with Crippen LogP contribution in [-0.2, 0) is 11.8 Å². The first kappa shape index (κ1) is 21.1. The average Bonchev–Trinajstić information content (AvgIpc) is 3.38. The Morgan fingerprint density at radius 2 is 1.74 bits per heavy atom. The van der Waals surface area contributed by atoms with E-state index < -0.39 is 0 Å². The fourth-order valence-corrected chi connectivity index (χ4v) is 4.42. The van der Waals surface area contributed by atoms with E-state index >= 15 is 0 Å². The second kappa shape index (κ2) is 7.85. The van der Waals surface area contributed by atoms with Gasteiger partial charge in [-0.1, -0.05) is 12.6 Å². The first-order valence-corrected chi connectivity index (χ1v) is 10.2. The van der Waals surface area contributed by atoms with E-state index in [2.05, 4.69) is 39.2 Å². The number of ether oxygens (including phenoxy) is 1. The van der Waals surface area contributed by atoms with Crippen LogP contribution in [0.5, 0.6) is 0 Å². The average molecular weight is 423 g/mol. The van der Waals surface area contributed by atoms with E-state index in [1.807, 2.05) is 32.5 Å². The Morgan fingerprint density at radius 3 is 2.35 bits per heavy atom. The predicted molar refractivity (Wildman–Crippen MR) is 123 cm³/mol. The first-order valence-electron chi connectivity index (χ1n) is 10.2. The van der Waals surface area contributed by atoms with E-state index in [4.69, 9.17) is 14.2 Å². The molecule has 3 aromatic heterocycles. The fourth-order valence-electron chi connectivity index (χ4n) is 4.42. The lowest BCUT2D eigenvalue weighted by molar-refractivity contribution is 0.122. The number of aromatic amines is 1. The lowest BCUT2D eigenvalue weighted by atomic mass is 9.95. The van der Waals surface area contributed by atoms with E-state index in [9.17, 15) is 0 Å². The predicted octanol–water partition coefficient (Wildman–Crippen LogP) is 4.32. The van der Waals surface area contributed by atoms with Crippen LogP contribution in [0.2, 0.25) is 0 Å². The highest BCUT2D eigenvalue weighted by Crippen LogP contribution is 2.38. The number of hydrogen-bond donors (Lipinski definition) is 1. The van der Waals surface area contributed by atoms with Gasteiger partial charge < -0.3 is 19.1 Å². The Hall–Kier alpha value is -3.13. The number of morpholine rings is 1. The molecular weight excluding hydrogens is 392 g/mol. The highest BCUT2D eigenvalue weighted by Gasteiger charge is 2.22. The molecule has 1 fully saturated rings. The number of hydrogen-bond acceptors (Lipinski definition) is 6. The zero-order chi connectivity index (χ0) is 21.0. The van der Waals surface area contributed by atoms with Crippen LogP contribution in [0.3, 0.4) is 0 Å². The zero-order valence-corrected chi connectivity index (χ0v) is 18.0. The molecule has 0 bridgehead atoms. The van der Waals surface area contributed by atoms with Crippen molar-refractivity contribution in [3.63, 3.8) is 0 Å². The van der Waals surface area contributed by atoms with Gasteiger partial charge >= 0.3 is 0 Å². The molecule has 0 radical (unpaired) electrons. The minimum Gasteiger partial charge on any atom is -0.378 e. The number of nitrogens with zero attached hydrogens (tertiary/aromatic N) is 5. The molecule has 1 aliphatic heterocycles. The van der Waals surface area contributed by atoms with E-state index in [1.54, 1.807) is 0 Å². The number of imidazole rings is 1. The Kier molecular flexibility index (Phi) is 5.35. The molecule has 0 unspecified atom stereocenters. The smallest absolute Gasteiger partial charge is 0.204 e. The van der Waals surface area contributed by atoms with Crippen LogP contribution in [0, 0.1) is 27.7 Å². The number of fused-ring (bicyclic) bond motifs is 1. The van der Waals surface area contributed by atoms with Gasteiger partial charge in [0.05, 0.1) is 35.6 Å². The zero-order valence-electron chi connectivity index (χ0n) is 18.0. The van der Waals surface area contributed by atoms with Crippen molar-refractivity contribution in [2.75, 3.05) is 31.2 Å². The third kappa shape index (κ3) is 3.40. The molecule has 1 aliphatic rings. The van der Waals surface area contributed by atoms with Crippen LogP contribution in [0.25, 0.3) is 33.3 Å². The summed E-state index contributed by atoms with van der Waals surface area (Å²) < 4.78 is 12.9. The van der Waals surface area contributed by atoms with Crippen molar-refractivity contribution in [2.24, 2.45) is 7.05 Å². The monoisotopic (exact) mass is 422 g/mol. The van der Waals surface area contributed by atoms with E-state index in [1.165, 1.54) is 0 Å². The second-order valence-corrected chi connectivity index (χ2v) is 7.95. The molecular formula is C23H30N6O2. The summed E-state index contributed by atoms with van der Waals surface area (Å²) >= 11 is 0. The number of H-pyrrole nitrogens is 1. The molecule has 0 spiro atoms. The minimum atomic E-state index is 0. The molecule has 8 heteroatoms. The topological polar surface area (TPSA) is 85.0 Å². The van der Waals surface area contributed by atoms with Crippen molar-refractivity contribution in [1.82, 2.24) is 24.9 Å². The third-order valence-corrected chi connectivity index (χ3v) is 5.99. The highest BCUT2D eigenvalue weighted by molar-refractivity contribution is 5.98. The molecule has 31 heavy (non-hydrogen) atoms. The summed E-state index contributed by atoms with van der Waals surface area (Å²) in [5.74, 6) is 1.69. The summed E-state index contributed by atoms with van der Waals surface area (Å²) in [6.07, 6.45) is 0. The van der Waals surface area contributed by atoms with Crippen molar-refractivity contribution in [3.05, 3.63) is 35.0 Å². The van der Waals surface area contributed by atoms with Crippen molar-refractivity contribution in [3.8, 4) is 22.3 Å². The molecule has 1 saturated heterocycles. The molecule has 0 saturated carbocycles. The molecule has 5 rings (SSSR count). The SMILES string of the molecule is C.Cc1noc(C)c1-c1cc(-c2c(C)nn(C)c2C)c2nc(N3CCOCC3)[nH]c2c1. The third-order valence-electron chi connectivity index (χ3n) is 5.99. The first-order chi connectivity index (χ1) is 14.4. The van der Waals surface area contributed by atoms with Gasteiger partial charge in [0.2, 0.25) is 5.95 Å². The summed E-state index contributed by atoms with van der Waals surface area (Å²) in [6.45, 7) is 11.2. The second-order valence-electron chi connectivity index (χ2n) is 7.95. The molecule has 4 heterocycles.